The van der Waals surface area contributed by atoms with Gasteiger partial charge < -0.3 is 5.32 Å². The van der Waals surface area contributed by atoms with Gasteiger partial charge in [0.2, 0.25) is 5.91 Å². The third kappa shape index (κ3) is 4.40. The van der Waals surface area contributed by atoms with Crippen molar-refractivity contribution in [3.63, 3.8) is 0 Å². The van der Waals surface area contributed by atoms with Crippen molar-refractivity contribution in [3.8, 4) is 5.69 Å². The minimum Gasteiger partial charge on any atom is -0.354 e. The average molecular weight is 415 g/mol. The maximum absolute atomic E-state index is 13.0. The molecule has 4 rings (SSSR count). The molecule has 158 valence electrons. The monoisotopic (exact) mass is 415 g/mol. The molecule has 7 nitrogen and oxygen atoms in total. The molecule has 2 heterocycles. The largest absolute Gasteiger partial charge is 0.354 e. The standard InChI is InChI=1S/C24H25N5O2/c1-17-22-18(2)29(20-13-7-4-8-14-20)27-23(22)24(31)28(26-17)16-21(30)25-15-9-12-19-10-5-3-6-11-19/h3-8,10-11,13-14H,9,12,15-16H2,1-2H3,(H,25,30). The number of amides is 1. The highest BCUT2D eigenvalue weighted by Gasteiger charge is 2.18. The average Bonchev–Trinajstić information content (AvgIpc) is 3.14. The highest BCUT2D eigenvalue weighted by molar-refractivity contribution is 5.83. The van der Waals surface area contributed by atoms with E-state index >= 15 is 0 Å². The van der Waals surface area contributed by atoms with Crippen LogP contribution in [0.15, 0.2) is 65.5 Å². The maximum Gasteiger partial charge on any atom is 0.295 e. The van der Waals surface area contributed by atoms with Crippen LogP contribution in [0.2, 0.25) is 0 Å². The van der Waals surface area contributed by atoms with Gasteiger partial charge in [-0.05, 0) is 44.4 Å². The first-order valence-electron chi connectivity index (χ1n) is 10.4. The number of fused-ring (bicyclic) bond motifs is 1. The number of para-hydroxylation sites is 1. The first-order chi connectivity index (χ1) is 15.0. The summed E-state index contributed by atoms with van der Waals surface area (Å²) in [7, 11) is 0. The van der Waals surface area contributed by atoms with Crippen LogP contribution in [0.4, 0.5) is 0 Å². The fourth-order valence-electron chi connectivity index (χ4n) is 3.77. The summed E-state index contributed by atoms with van der Waals surface area (Å²) in [5, 5.41) is 12.5. The molecule has 31 heavy (non-hydrogen) atoms. The second-order valence-electron chi connectivity index (χ2n) is 7.54. The lowest BCUT2D eigenvalue weighted by atomic mass is 10.1. The van der Waals surface area contributed by atoms with Crippen LogP contribution in [0.5, 0.6) is 0 Å². The molecular formula is C24H25N5O2. The van der Waals surface area contributed by atoms with Gasteiger partial charge in [-0.15, -0.1) is 0 Å². The number of aryl methyl sites for hydroxylation is 3. The molecule has 0 radical (unpaired) electrons. The second kappa shape index (κ2) is 8.95. The molecular weight excluding hydrogens is 390 g/mol. The van der Waals surface area contributed by atoms with Crippen molar-refractivity contribution in [3.05, 3.63) is 88.0 Å². The number of nitrogens with one attached hydrogen (secondary N) is 1. The quantitative estimate of drug-likeness (QED) is 0.471. The molecule has 1 N–H and O–H groups in total. The van der Waals surface area contributed by atoms with Gasteiger partial charge in [0.1, 0.15) is 6.54 Å². The van der Waals surface area contributed by atoms with E-state index in [1.54, 1.807) is 4.68 Å². The molecule has 0 spiro atoms. The molecule has 0 atom stereocenters. The Bertz CT molecular complexity index is 1260. The summed E-state index contributed by atoms with van der Waals surface area (Å²) >= 11 is 0. The third-order valence-corrected chi connectivity index (χ3v) is 5.29. The van der Waals surface area contributed by atoms with Gasteiger partial charge in [-0.2, -0.15) is 10.2 Å². The van der Waals surface area contributed by atoms with E-state index in [-0.39, 0.29) is 18.0 Å². The summed E-state index contributed by atoms with van der Waals surface area (Å²) in [6.07, 6.45) is 1.72. The molecule has 1 amide bonds. The lowest BCUT2D eigenvalue weighted by molar-refractivity contribution is -0.121. The molecule has 0 saturated heterocycles. The number of nitrogens with zero attached hydrogens (tertiary/aromatic N) is 4. The zero-order valence-electron chi connectivity index (χ0n) is 17.7. The number of rotatable bonds is 7. The molecule has 0 aliphatic rings. The number of carbonyl (C=O) groups excluding carboxylic acids is 1. The van der Waals surface area contributed by atoms with Crippen LogP contribution in [0.1, 0.15) is 23.4 Å². The van der Waals surface area contributed by atoms with Crippen LogP contribution >= 0.6 is 0 Å². The number of hydrogen-bond acceptors (Lipinski definition) is 4. The number of aromatic nitrogens is 4. The van der Waals surface area contributed by atoms with Gasteiger partial charge in [-0.3, -0.25) is 9.59 Å². The highest BCUT2D eigenvalue weighted by Crippen LogP contribution is 2.20. The van der Waals surface area contributed by atoms with E-state index in [0.717, 1.165) is 29.6 Å². The maximum atomic E-state index is 13.0. The number of hydrogen-bond donors (Lipinski definition) is 1. The molecule has 2 aromatic heterocycles. The zero-order valence-corrected chi connectivity index (χ0v) is 17.7. The molecule has 7 heteroatoms. The van der Waals surface area contributed by atoms with Crippen LogP contribution in [-0.4, -0.2) is 32.0 Å². The Kier molecular flexibility index (Phi) is 5.93. The Morgan fingerprint density at radius 2 is 1.65 bits per heavy atom. The van der Waals surface area contributed by atoms with Crippen LogP contribution < -0.4 is 10.9 Å². The van der Waals surface area contributed by atoms with Crippen molar-refractivity contribution >= 4 is 16.8 Å². The van der Waals surface area contributed by atoms with Crippen molar-refractivity contribution in [2.24, 2.45) is 0 Å². The highest BCUT2D eigenvalue weighted by atomic mass is 16.2. The van der Waals surface area contributed by atoms with E-state index in [2.05, 4.69) is 27.6 Å². The number of benzene rings is 2. The van der Waals surface area contributed by atoms with Gasteiger partial charge in [0.25, 0.3) is 5.56 Å². The van der Waals surface area contributed by atoms with E-state index in [9.17, 15) is 9.59 Å². The molecule has 4 aromatic rings. The van der Waals surface area contributed by atoms with E-state index in [1.807, 2.05) is 62.4 Å². The fourth-order valence-corrected chi connectivity index (χ4v) is 3.77. The lowest BCUT2D eigenvalue weighted by Crippen LogP contribution is -2.34. The fraction of sp³-hybridized carbons (Fsp3) is 0.250. The summed E-state index contributed by atoms with van der Waals surface area (Å²) in [5.41, 5.74) is 3.59. The zero-order chi connectivity index (χ0) is 21.8. The lowest BCUT2D eigenvalue weighted by Gasteiger charge is -2.08. The van der Waals surface area contributed by atoms with Crippen molar-refractivity contribution < 1.29 is 4.79 Å². The molecule has 0 unspecified atom stereocenters. The summed E-state index contributed by atoms with van der Waals surface area (Å²) in [5.74, 6) is -0.236. The molecule has 2 aromatic carbocycles. The Morgan fingerprint density at radius 1 is 0.968 bits per heavy atom. The Hall–Kier alpha value is -3.74. The molecule has 0 bridgehead atoms. The van der Waals surface area contributed by atoms with Crippen LogP contribution in [0.3, 0.4) is 0 Å². The molecule has 0 aliphatic carbocycles. The summed E-state index contributed by atoms with van der Waals surface area (Å²) in [4.78, 5) is 25.4. The summed E-state index contributed by atoms with van der Waals surface area (Å²) in [6, 6.07) is 19.8. The van der Waals surface area contributed by atoms with Gasteiger partial charge in [0, 0.05) is 6.54 Å². The predicted molar refractivity (Wildman–Crippen MR) is 120 cm³/mol. The van der Waals surface area contributed by atoms with Crippen LogP contribution in [-0.2, 0) is 17.8 Å². The number of carbonyl (C=O) groups is 1. The smallest absolute Gasteiger partial charge is 0.295 e. The van der Waals surface area contributed by atoms with Gasteiger partial charge in [0.15, 0.2) is 5.52 Å². The van der Waals surface area contributed by atoms with Gasteiger partial charge in [0.05, 0.1) is 22.5 Å². The minimum absolute atomic E-state index is 0.127. The van der Waals surface area contributed by atoms with Crippen LogP contribution in [0.25, 0.3) is 16.6 Å². The van der Waals surface area contributed by atoms with E-state index in [0.29, 0.717) is 17.8 Å². The van der Waals surface area contributed by atoms with E-state index < -0.39 is 0 Å². The SMILES string of the molecule is Cc1nn(CC(=O)NCCCc2ccccc2)c(=O)c2nn(-c3ccccc3)c(C)c12. The first kappa shape index (κ1) is 20.5. The molecule has 0 aliphatic heterocycles. The van der Waals surface area contributed by atoms with Crippen molar-refractivity contribution in [2.45, 2.75) is 33.2 Å². The Labute approximate surface area is 180 Å². The predicted octanol–water partition coefficient (Wildman–Crippen LogP) is 2.95. The first-order valence-corrected chi connectivity index (χ1v) is 10.4. The van der Waals surface area contributed by atoms with E-state index in [1.165, 1.54) is 10.2 Å². The summed E-state index contributed by atoms with van der Waals surface area (Å²) in [6.45, 7) is 4.17. The topological polar surface area (TPSA) is 81.8 Å². The Morgan fingerprint density at radius 3 is 2.35 bits per heavy atom. The van der Waals surface area contributed by atoms with Gasteiger partial charge >= 0.3 is 0 Å². The second-order valence-corrected chi connectivity index (χ2v) is 7.54. The van der Waals surface area contributed by atoms with Crippen molar-refractivity contribution in [2.75, 3.05) is 6.54 Å². The van der Waals surface area contributed by atoms with Crippen molar-refractivity contribution in [1.82, 2.24) is 24.9 Å². The van der Waals surface area contributed by atoms with Gasteiger partial charge in [-0.25, -0.2) is 9.36 Å². The molecule has 0 fully saturated rings. The normalized spacial score (nSPS) is 11.0. The van der Waals surface area contributed by atoms with Gasteiger partial charge in [-0.1, -0.05) is 48.5 Å². The van der Waals surface area contributed by atoms with E-state index in [4.69, 9.17) is 0 Å². The van der Waals surface area contributed by atoms with Crippen LogP contribution in [0, 0.1) is 13.8 Å². The Balaban J connectivity index is 1.48. The molecule has 0 saturated carbocycles. The van der Waals surface area contributed by atoms with Crippen molar-refractivity contribution in [1.29, 1.82) is 0 Å². The summed E-state index contributed by atoms with van der Waals surface area (Å²) < 4.78 is 2.95. The third-order valence-electron chi connectivity index (χ3n) is 5.29. The minimum atomic E-state index is -0.363.